The molecular weight excluding hydrogens is 267 g/mol. The Balaban J connectivity index is 2.14. The van der Waals surface area contributed by atoms with E-state index in [2.05, 4.69) is 31.0 Å². The first-order chi connectivity index (χ1) is 10.0. The maximum absolute atomic E-state index is 14.1. The van der Waals surface area contributed by atoms with Crippen molar-refractivity contribution in [2.75, 3.05) is 32.8 Å². The Hall–Kier alpha value is -0.970. The minimum absolute atomic E-state index is 0.00431. The van der Waals surface area contributed by atoms with Gasteiger partial charge in [0.1, 0.15) is 5.82 Å². The van der Waals surface area contributed by atoms with Crippen LogP contribution in [0.5, 0.6) is 0 Å². The fourth-order valence-electron chi connectivity index (χ4n) is 2.80. The molecule has 0 bridgehead atoms. The lowest BCUT2D eigenvalue weighted by atomic mass is 9.99. The van der Waals surface area contributed by atoms with Crippen LogP contribution in [-0.2, 0) is 4.74 Å². The van der Waals surface area contributed by atoms with E-state index < -0.39 is 0 Å². The highest BCUT2D eigenvalue weighted by molar-refractivity contribution is 5.21. The molecule has 1 atom stereocenters. The SMILES string of the molecule is CCCNC(CN1CCOCC1(C)C)c1ccccc1F. The van der Waals surface area contributed by atoms with Gasteiger partial charge >= 0.3 is 0 Å². The maximum atomic E-state index is 14.1. The van der Waals surface area contributed by atoms with Crippen molar-refractivity contribution in [3.63, 3.8) is 0 Å². The van der Waals surface area contributed by atoms with Gasteiger partial charge in [-0.05, 0) is 32.9 Å². The zero-order chi connectivity index (χ0) is 15.3. The molecule has 1 aromatic rings. The normalized spacial score (nSPS) is 20.4. The molecule has 21 heavy (non-hydrogen) atoms. The van der Waals surface area contributed by atoms with E-state index in [1.165, 1.54) is 0 Å². The van der Waals surface area contributed by atoms with Crippen LogP contribution in [0.1, 0.15) is 38.8 Å². The lowest BCUT2D eigenvalue weighted by molar-refractivity contribution is -0.0547. The number of ether oxygens (including phenoxy) is 1. The van der Waals surface area contributed by atoms with Gasteiger partial charge < -0.3 is 10.1 Å². The summed E-state index contributed by atoms with van der Waals surface area (Å²) in [4.78, 5) is 2.40. The van der Waals surface area contributed by atoms with Gasteiger partial charge in [0.15, 0.2) is 0 Å². The molecule has 0 aliphatic carbocycles. The first-order valence-electron chi connectivity index (χ1n) is 7.85. The summed E-state index contributed by atoms with van der Waals surface area (Å²) >= 11 is 0. The van der Waals surface area contributed by atoms with Crippen LogP contribution in [0.15, 0.2) is 24.3 Å². The van der Waals surface area contributed by atoms with E-state index in [4.69, 9.17) is 4.74 Å². The van der Waals surface area contributed by atoms with E-state index in [9.17, 15) is 4.39 Å². The average molecular weight is 294 g/mol. The van der Waals surface area contributed by atoms with Crippen LogP contribution < -0.4 is 5.32 Å². The predicted octanol–water partition coefficient (Wildman–Crippen LogP) is 2.98. The van der Waals surface area contributed by atoms with Crippen LogP contribution in [0.25, 0.3) is 0 Å². The summed E-state index contributed by atoms with van der Waals surface area (Å²) in [5, 5.41) is 3.49. The Morgan fingerprint density at radius 1 is 1.38 bits per heavy atom. The molecule has 0 aromatic heterocycles. The summed E-state index contributed by atoms with van der Waals surface area (Å²) in [6, 6.07) is 7.09. The number of nitrogens with one attached hydrogen (secondary N) is 1. The first kappa shape index (κ1) is 16.4. The predicted molar refractivity (Wildman–Crippen MR) is 83.9 cm³/mol. The first-order valence-corrected chi connectivity index (χ1v) is 7.85. The number of hydrogen-bond acceptors (Lipinski definition) is 3. The highest BCUT2D eigenvalue weighted by Crippen LogP contribution is 2.24. The molecule has 0 spiro atoms. The summed E-state index contributed by atoms with van der Waals surface area (Å²) < 4.78 is 19.7. The second kappa shape index (κ2) is 7.34. The molecule has 1 heterocycles. The molecule has 0 amide bonds. The molecule has 1 aliphatic rings. The number of nitrogens with zero attached hydrogens (tertiary/aromatic N) is 1. The van der Waals surface area contributed by atoms with Gasteiger partial charge in [0.05, 0.1) is 13.2 Å². The third-order valence-electron chi connectivity index (χ3n) is 4.14. The number of rotatable bonds is 6. The largest absolute Gasteiger partial charge is 0.378 e. The third-order valence-corrected chi connectivity index (χ3v) is 4.14. The van der Waals surface area contributed by atoms with Gasteiger partial charge in [-0.25, -0.2) is 4.39 Å². The highest BCUT2D eigenvalue weighted by atomic mass is 19.1. The number of benzene rings is 1. The van der Waals surface area contributed by atoms with Crippen molar-refractivity contribution in [3.8, 4) is 0 Å². The molecular formula is C17H27FN2O. The second-order valence-electron chi connectivity index (χ2n) is 6.34. The Kier molecular flexibility index (Phi) is 5.73. The highest BCUT2D eigenvalue weighted by Gasteiger charge is 2.32. The number of hydrogen-bond donors (Lipinski definition) is 1. The summed E-state index contributed by atoms with van der Waals surface area (Å²) in [6.07, 6.45) is 1.04. The Bertz CT molecular complexity index is 450. The standard InChI is InChI=1S/C17H27FN2O/c1-4-9-19-16(14-7-5-6-8-15(14)18)12-20-10-11-21-13-17(20,2)3/h5-8,16,19H,4,9-13H2,1-3H3. The summed E-state index contributed by atoms with van der Waals surface area (Å²) in [5.74, 6) is -0.128. The number of halogens is 1. The number of morpholine rings is 1. The van der Waals surface area contributed by atoms with Gasteiger partial charge in [0.2, 0.25) is 0 Å². The maximum Gasteiger partial charge on any atom is 0.128 e. The van der Waals surface area contributed by atoms with Gasteiger partial charge in [-0.15, -0.1) is 0 Å². The quantitative estimate of drug-likeness (QED) is 0.873. The minimum Gasteiger partial charge on any atom is -0.378 e. The van der Waals surface area contributed by atoms with Crippen molar-refractivity contribution in [3.05, 3.63) is 35.6 Å². The zero-order valence-corrected chi connectivity index (χ0v) is 13.4. The topological polar surface area (TPSA) is 24.5 Å². The summed E-state index contributed by atoms with van der Waals surface area (Å²) in [5.41, 5.74) is 0.753. The average Bonchev–Trinajstić information content (AvgIpc) is 2.46. The molecule has 0 radical (unpaired) electrons. The summed E-state index contributed by atoms with van der Waals surface area (Å²) in [7, 11) is 0. The molecule has 4 heteroatoms. The van der Waals surface area contributed by atoms with E-state index in [1.54, 1.807) is 12.1 Å². The fraction of sp³-hybridized carbons (Fsp3) is 0.647. The van der Waals surface area contributed by atoms with Crippen LogP contribution in [0, 0.1) is 5.82 Å². The third kappa shape index (κ3) is 4.25. The van der Waals surface area contributed by atoms with E-state index >= 15 is 0 Å². The molecule has 1 aliphatic heterocycles. The van der Waals surface area contributed by atoms with Crippen LogP contribution in [0.3, 0.4) is 0 Å². The van der Waals surface area contributed by atoms with Gasteiger partial charge in [0.25, 0.3) is 0 Å². The molecule has 1 aromatic carbocycles. The van der Waals surface area contributed by atoms with Gasteiger partial charge in [-0.3, -0.25) is 4.90 Å². The van der Waals surface area contributed by atoms with E-state index in [0.717, 1.165) is 44.8 Å². The molecule has 1 unspecified atom stereocenters. The Labute approximate surface area is 127 Å². The van der Waals surface area contributed by atoms with Crippen molar-refractivity contribution < 1.29 is 9.13 Å². The fourth-order valence-corrected chi connectivity index (χ4v) is 2.80. The van der Waals surface area contributed by atoms with E-state index in [-0.39, 0.29) is 17.4 Å². The van der Waals surface area contributed by atoms with Crippen LogP contribution >= 0.6 is 0 Å². The molecule has 118 valence electrons. The zero-order valence-electron chi connectivity index (χ0n) is 13.4. The van der Waals surface area contributed by atoms with Crippen LogP contribution in [0.2, 0.25) is 0 Å². The lowest BCUT2D eigenvalue weighted by Crippen LogP contribution is -2.55. The smallest absolute Gasteiger partial charge is 0.128 e. The van der Waals surface area contributed by atoms with Gasteiger partial charge in [-0.2, -0.15) is 0 Å². The molecule has 1 fully saturated rings. The molecule has 2 rings (SSSR count). The molecule has 1 N–H and O–H groups in total. The van der Waals surface area contributed by atoms with E-state index in [0.29, 0.717) is 0 Å². The summed E-state index contributed by atoms with van der Waals surface area (Å²) in [6.45, 7) is 10.6. The van der Waals surface area contributed by atoms with Crippen LogP contribution in [0.4, 0.5) is 4.39 Å². The van der Waals surface area contributed by atoms with Gasteiger partial charge in [-0.1, -0.05) is 25.1 Å². The molecule has 0 saturated carbocycles. The van der Waals surface area contributed by atoms with Crippen LogP contribution in [-0.4, -0.2) is 43.3 Å². The molecule has 1 saturated heterocycles. The molecule has 3 nitrogen and oxygen atoms in total. The second-order valence-corrected chi connectivity index (χ2v) is 6.34. The monoisotopic (exact) mass is 294 g/mol. The Morgan fingerprint density at radius 2 is 2.14 bits per heavy atom. The van der Waals surface area contributed by atoms with Gasteiger partial charge in [0, 0.05) is 30.2 Å². The van der Waals surface area contributed by atoms with Crippen molar-refractivity contribution in [1.29, 1.82) is 0 Å². The lowest BCUT2D eigenvalue weighted by Gasteiger charge is -2.43. The minimum atomic E-state index is -0.128. The van der Waals surface area contributed by atoms with Crippen molar-refractivity contribution >= 4 is 0 Å². The van der Waals surface area contributed by atoms with Crippen molar-refractivity contribution in [2.24, 2.45) is 0 Å². The van der Waals surface area contributed by atoms with E-state index in [1.807, 2.05) is 12.1 Å². The Morgan fingerprint density at radius 3 is 2.81 bits per heavy atom. The van der Waals surface area contributed by atoms with Crippen molar-refractivity contribution in [2.45, 2.75) is 38.8 Å². The van der Waals surface area contributed by atoms with Crippen molar-refractivity contribution in [1.82, 2.24) is 10.2 Å².